The first-order valence-electron chi connectivity index (χ1n) is 5.85. The normalized spacial score (nSPS) is 17.6. The van der Waals surface area contributed by atoms with E-state index < -0.39 is 0 Å². The van der Waals surface area contributed by atoms with Gasteiger partial charge in [0.05, 0.1) is 12.6 Å². The Hall–Kier alpha value is -0.940. The zero-order valence-corrected chi connectivity index (χ0v) is 9.90. The molecule has 1 aromatic heterocycles. The highest BCUT2D eigenvalue weighted by Gasteiger charge is 2.21. The molecule has 1 saturated carbocycles. The van der Waals surface area contributed by atoms with Crippen LogP contribution in [0.5, 0.6) is 0 Å². The Balaban J connectivity index is 1.72. The number of hydrogen-bond donors (Lipinski definition) is 1. The fourth-order valence-electron chi connectivity index (χ4n) is 1.42. The number of methoxy groups -OCH3 is 1. The van der Waals surface area contributed by atoms with E-state index in [-0.39, 0.29) is 6.10 Å². The van der Waals surface area contributed by atoms with Crippen LogP contribution < -0.4 is 5.32 Å². The molecule has 0 saturated heterocycles. The maximum atomic E-state index is 5.52. The number of aromatic nitrogens is 2. The molecule has 1 N–H and O–H groups in total. The molecule has 0 spiro atoms. The van der Waals surface area contributed by atoms with Crippen molar-refractivity contribution in [1.82, 2.24) is 15.5 Å². The van der Waals surface area contributed by atoms with Gasteiger partial charge in [0.1, 0.15) is 0 Å². The first-order valence-corrected chi connectivity index (χ1v) is 5.85. The van der Waals surface area contributed by atoms with Crippen LogP contribution >= 0.6 is 0 Å². The molecule has 90 valence electrons. The van der Waals surface area contributed by atoms with E-state index in [1.165, 1.54) is 12.8 Å². The van der Waals surface area contributed by atoms with Gasteiger partial charge in [-0.2, -0.15) is 0 Å². The molecule has 16 heavy (non-hydrogen) atoms. The van der Waals surface area contributed by atoms with Gasteiger partial charge in [-0.3, -0.25) is 0 Å². The van der Waals surface area contributed by atoms with E-state index in [4.69, 9.17) is 9.15 Å². The zero-order valence-electron chi connectivity index (χ0n) is 9.90. The predicted octanol–water partition coefficient (Wildman–Crippen LogP) is 1.29. The van der Waals surface area contributed by atoms with Crippen LogP contribution in [0.4, 0.5) is 0 Å². The lowest BCUT2D eigenvalue weighted by molar-refractivity contribution is 0.109. The molecular formula is C11H19N3O2. The summed E-state index contributed by atoms with van der Waals surface area (Å²) in [5, 5.41) is 11.3. The van der Waals surface area contributed by atoms with E-state index >= 15 is 0 Å². The van der Waals surface area contributed by atoms with Crippen LogP contribution in [0, 0.1) is 0 Å². The quantitative estimate of drug-likeness (QED) is 0.757. The lowest BCUT2D eigenvalue weighted by Gasteiger charge is -2.05. The van der Waals surface area contributed by atoms with Crippen molar-refractivity contribution in [2.24, 2.45) is 0 Å². The molecule has 0 aromatic carbocycles. The minimum Gasteiger partial charge on any atom is -0.424 e. The molecule has 0 bridgehead atoms. The minimum atomic E-state index is 0.236. The smallest absolute Gasteiger partial charge is 0.230 e. The molecule has 1 unspecified atom stereocenters. The summed E-state index contributed by atoms with van der Waals surface area (Å²) >= 11 is 0. The molecule has 0 amide bonds. The third kappa shape index (κ3) is 3.57. The minimum absolute atomic E-state index is 0.236. The predicted molar refractivity (Wildman–Crippen MR) is 59.0 cm³/mol. The van der Waals surface area contributed by atoms with Crippen LogP contribution in [0.1, 0.15) is 38.0 Å². The van der Waals surface area contributed by atoms with Crippen molar-refractivity contribution < 1.29 is 9.15 Å². The molecule has 2 rings (SSSR count). The standard InChI is InChI=1S/C11H19N3O2/c1-8(15-2)3-6-10-13-14-11(16-10)7-12-9-4-5-9/h8-9,12H,3-7H2,1-2H3. The molecule has 5 heteroatoms. The summed E-state index contributed by atoms with van der Waals surface area (Å²) in [6, 6.07) is 0.670. The van der Waals surface area contributed by atoms with Gasteiger partial charge in [0.25, 0.3) is 0 Å². The van der Waals surface area contributed by atoms with Gasteiger partial charge in [-0.05, 0) is 26.2 Å². The van der Waals surface area contributed by atoms with Crippen molar-refractivity contribution in [3.63, 3.8) is 0 Å². The van der Waals surface area contributed by atoms with Crippen LogP contribution in [0.25, 0.3) is 0 Å². The number of nitrogens with one attached hydrogen (secondary N) is 1. The Morgan fingerprint density at radius 3 is 2.88 bits per heavy atom. The van der Waals surface area contributed by atoms with Gasteiger partial charge in [-0.15, -0.1) is 10.2 Å². The Bertz CT molecular complexity index is 323. The summed E-state index contributed by atoms with van der Waals surface area (Å²) in [6.45, 7) is 2.73. The number of rotatable bonds is 7. The molecule has 1 heterocycles. The molecule has 1 aliphatic rings. The Labute approximate surface area is 95.6 Å². The van der Waals surface area contributed by atoms with E-state index in [0.29, 0.717) is 24.4 Å². The topological polar surface area (TPSA) is 60.2 Å². The second kappa shape index (κ2) is 5.41. The Morgan fingerprint density at radius 2 is 2.19 bits per heavy atom. The van der Waals surface area contributed by atoms with Crippen LogP contribution in [0.2, 0.25) is 0 Å². The zero-order chi connectivity index (χ0) is 11.4. The van der Waals surface area contributed by atoms with Gasteiger partial charge in [0, 0.05) is 19.6 Å². The second-order valence-corrected chi connectivity index (χ2v) is 4.33. The van der Waals surface area contributed by atoms with Gasteiger partial charge in [0.2, 0.25) is 11.8 Å². The van der Waals surface area contributed by atoms with Gasteiger partial charge < -0.3 is 14.5 Å². The van der Waals surface area contributed by atoms with Crippen molar-refractivity contribution in [3.05, 3.63) is 11.8 Å². The lowest BCUT2D eigenvalue weighted by Crippen LogP contribution is -2.15. The highest BCUT2D eigenvalue weighted by molar-refractivity contribution is 4.86. The van der Waals surface area contributed by atoms with E-state index in [9.17, 15) is 0 Å². The fourth-order valence-corrected chi connectivity index (χ4v) is 1.42. The lowest BCUT2D eigenvalue weighted by atomic mass is 10.2. The highest BCUT2D eigenvalue weighted by atomic mass is 16.5. The van der Waals surface area contributed by atoms with Crippen LogP contribution in [-0.2, 0) is 17.7 Å². The number of hydrogen-bond acceptors (Lipinski definition) is 5. The van der Waals surface area contributed by atoms with Crippen LogP contribution in [-0.4, -0.2) is 29.5 Å². The van der Waals surface area contributed by atoms with Crippen molar-refractivity contribution in [2.75, 3.05) is 7.11 Å². The summed E-state index contributed by atoms with van der Waals surface area (Å²) < 4.78 is 10.7. The van der Waals surface area contributed by atoms with E-state index in [2.05, 4.69) is 15.5 Å². The summed E-state index contributed by atoms with van der Waals surface area (Å²) in [5.41, 5.74) is 0. The van der Waals surface area contributed by atoms with Crippen LogP contribution in [0.3, 0.4) is 0 Å². The SMILES string of the molecule is COC(C)CCc1nnc(CNC2CC2)o1. The molecule has 1 fully saturated rings. The Kier molecular flexibility index (Phi) is 3.90. The van der Waals surface area contributed by atoms with E-state index in [0.717, 1.165) is 12.8 Å². The second-order valence-electron chi connectivity index (χ2n) is 4.33. The van der Waals surface area contributed by atoms with Gasteiger partial charge >= 0.3 is 0 Å². The largest absolute Gasteiger partial charge is 0.424 e. The summed E-state index contributed by atoms with van der Waals surface area (Å²) in [4.78, 5) is 0. The highest BCUT2D eigenvalue weighted by Crippen LogP contribution is 2.19. The molecule has 0 radical (unpaired) electrons. The van der Waals surface area contributed by atoms with Gasteiger partial charge in [-0.25, -0.2) is 0 Å². The van der Waals surface area contributed by atoms with Crippen LogP contribution in [0.15, 0.2) is 4.42 Å². The summed E-state index contributed by atoms with van der Waals surface area (Å²) in [5.74, 6) is 1.39. The van der Waals surface area contributed by atoms with E-state index in [1.807, 2.05) is 6.92 Å². The third-order valence-electron chi connectivity index (χ3n) is 2.80. The average Bonchev–Trinajstić information content (AvgIpc) is 3.02. The maximum absolute atomic E-state index is 5.52. The van der Waals surface area contributed by atoms with Crippen molar-refractivity contribution in [2.45, 2.75) is 51.3 Å². The molecule has 1 atom stereocenters. The summed E-state index contributed by atoms with van der Waals surface area (Å²) in [7, 11) is 1.71. The fraction of sp³-hybridized carbons (Fsp3) is 0.818. The van der Waals surface area contributed by atoms with Crippen molar-refractivity contribution in [1.29, 1.82) is 0 Å². The van der Waals surface area contributed by atoms with Crippen molar-refractivity contribution >= 4 is 0 Å². The summed E-state index contributed by atoms with van der Waals surface area (Å²) in [6.07, 6.45) is 4.47. The molecule has 1 aliphatic carbocycles. The number of aryl methyl sites for hydroxylation is 1. The molecular weight excluding hydrogens is 206 g/mol. The van der Waals surface area contributed by atoms with E-state index in [1.54, 1.807) is 7.11 Å². The molecule has 1 aromatic rings. The molecule has 5 nitrogen and oxygen atoms in total. The molecule has 0 aliphatic heterocycles. The Morgan fingerprint density at radius 1 is 1.44 bits per heavy atom. The van der Waals surface area contributed by atoms with Crippen molar-refractivity contribution in [3.8, 4) is 0 Å². The first-order chi connectivity index (χ1) is 7.78. The average molecular weight is 225 g/mol. The van der Waals surface area contributed by atoms with Gasteiger partial charge in [0.15, 0.2) is 0 Å². The first kappa shape index (κ1) is 11.5. The maximum Gasteiger partial charge on any atom is 0.230 e. The third-order valence-corrected chi connectivity index (χ3v) is 2.80. The number of nitrogens with zero attached hydrogens (tertiary/aromatic N) is 2. The van der Waals surface area contributed by atoms with Gasteiger partial charge in [-0.1, -0.05) is 0 Å². The number of ether oxygens (including phenoxy) is 1. The monoisotopic (exact) mass is 225 g/mol.